The van der Waals surface area contributed by atoms with Crippen molar-refractivity contribution in [1.29, 1.82) is 0 Å². The van der Waals surface area contributed by atoms with Gasteiger partial charge in [-0.1, -0.05) is 18.2 Å². The molecule has 0 amide bonds. The standard InChI is InChI=1S/C13H15N3/c1-9-4-3-5-12(10(9)2)13(14)11-6-15-8-16-7-11/h3-8,13H,14H2,1-2H3. The fraction of sp³-hybridized carbons (Fsp3) is 0.231. The van der Waals surface area contributed by atoms with E-state index in [2.05, 4.69) is 35.9 Å². The fourth-order valence-electron chi connectivity index (χ4n) is 1.76. The molecule has 2 aromatic rings. The molecule has 2 rings (SSSR count). The highest BCUT2D eigenvalue weighted by atomic mass is 14.8. The van der Waals surface area contributed by atoms with Crippen LogP contribution in [0.5, 0.6) is 0 Å². The van der Waals surface area contributed by atoms with Crippen LogP contribution in [-0.4, -0.2) is 9.97 Å². The van der Waals surface area contributed by atoms with Crippen molar-refractivity contribution < 1.29 is 0 Å². The van der Waals surface area contributed by atoms with Gasteiger partial charge in [-0.15, -0.1) is 0 Å². The summed E-state index contributed by atoms with van der Waals surface area (Å²) < 4.78 is 0. The number of benzene rings is 1. The molecule has 0 spiro atoms. The second-order valence-corrected chi connectivity index (χ2v) is 3.94. The SMILES string of the molecule is Cc1cccc(C(N)c2cncnc2)c1C. The zero-order valence-corrected chi connectivity index (χ0v) is 9.51. The molecule has 0 bridgehead atoms. The van der Waals surface area contributed by atoms with Crippen LogP contribution in [0.1, 0.15) is 28.3 Å². The summed E-state index contributed by atoms with van der Waals surface area (Å²) in [7, 11) is 0. The zero-order valence-electron chi connectivity index (χ0n) is 9.51. The third-order valence-corrected chi connectivity index (χ3v) is 2.92. The lowest BCUT2D eigenvalue weighted by Gasteiger charge is -2.15. The van der Waals surface area contributed by atoms with Crippen molar-refractivity contribution in [3.8, 4) is 0 Å². The van der Waals surface area contributed by atoms with E-state index in [1.165, 1.54) is 17.5 Å². The summed E-state index contributed by atoms with van der Waals surface area (Å²) in [6, 6.07) is 6.02. The zero-order chi connectivity index (χ0) is 11.5. The Morgan fingerprint density at radius 2 is 1.81 bits per heavy atom. The molecule has 1 aromatic heterocycles. The monoisotopic (exact) mass is 213 g/mol. The Balaban J connectivity index is 2.42. The van der Waals surface area contributed by atoms with Gasteiger partial charge in [0, 0.05) is 18.0 Å². The van der Waals surface area contributed by atoms with Crippen molar-refractivity contribution in [2.24, 2.45) is 5.73 Å². The minimum atomic E-state index is -0.152. The first-order chi connectivity index (χ1) is 7.70. The highest BCUT2D eigenvalue weighted by Gasteiger charge is 2.12. The summed E-state index contributed by atoms with van der Waals surface area (Å²) in [5.74, 6) is 0. The Morgan fingerprint density at radius 3 is 2.50 bits per heavy atom. The maximum Gasteiger partial charge on any atom is 0.115 e. The van der Waals surface area contributed by atoms with E-state index in [4.69, 9.17) is 5.73 Å². The quantitative estimate of drug-likeness (QED) is 0.831. The van der Waals surface area contributed by atoms with Crippen LogP contribution in [0.15, 0.2) is 36.9 Å². The van der Waals surface area contributed by atoms with Gasteiger partial charge in [-0.3, -0.25) is 0 Å². The molecule has 0 saturated carbocycles. The molecule has 0 fully saturated rings. The predicted octanol–water partition coefficient (Wildman–Crippen LogP) is 2.14. The molecule has 0 radical (unpaired) electrons. The molecule has 1 heterocycles. The Kier molecular flexibility index (Phi) is 2.97. The van der Waals surface area contributed by atoms with E-state index in [1.54, 1.807) is 12.4 Å². The number of nitrogens with zero attached hydrogens (tertiary/aromatic N) is 2. The lowest BCUT2D eigenvalue weighted by molar-refractivity contribution is 0.840. The van der Waals surface area contributed by atoms with Crippen LogP contribution >= 0.6 is 0 Å². The number of hydrogen-bond donors (Lipinski definition) is 1. The van der Waals surface area contributed by atoms with Gasteiger partial charge in [0.15, 0.2) is 0 Å². The molecule has 1 atom stereocenters. The van der Waals surface area contributed by atoms with Gasteiger partial charge in [0.1, 0.15) is 6.33 Å². The van der Waals surface area contributed by atoms with Gasteiger partial charge in [-0.25, -0.2) is 9.97 Å². The summed E-state index contributed by atoms with van der Waals surface area (Å²) in [6.07, 6.45) is 5.04. The number of aryl methyl sites for hydroxylation is 1. The van der Waals surface area contributed by atoms with Crippen molar-refractivity contribution in [1.82, 2.24) is 9.97 Å². The lowest BCUT2D eigenvalue weighted by Crippen LogP contribution is -2.14. The Morgan fingerprint density at radius 1 is 1.12 bits per heavy atom. The van der Waals surface area contributed by atoms with Crippen molar-refractivity contribution >= 4 is 0 Å². The Hall–Kier alpha value is -1.74. The highest BCUT2D eigenvalue weighted by molar-refractivity contribution is 5.39. The van der Waals surface area contributed by atoms with Crippen LogP contribution in [0, 0.1) is 13.8 Å². The average Bonchev–Trinajstić information content (AvgIpc) is 2.33. The summed E-state index contributed by atoms with van der Waals surface area (Å²) in [6.45, 7) is 4.18. The predicted molar refractivity (Wildman–Crippen MR) is 64.0 cm³/mol. The number of aromatic nitrogens is 2. The largest absolute Gasteiger partial charge is 0.320 e. The molecule has 0 saturated heterocycles. The fourth-order valence-corrected chi connectivity index (χ4v) is 1.76. The van der Waals surface area contributed by atoms with Gasteiger partial charge in [0.05, 0.1) is 6.04 Å². The van der Waals surface area contributed by atoms with Crippen LogP contribution in [-0.2, 0) is 0 Å². The van der Waals surface area contributed by atoms with Crippen molar-refractivity contribution in [2.45, 2.75) is 19.9 Å². The molecular formula is C13H15N3. The molecule has 82 valence electrons. The van der Waals surface area contributed by atoms with Crippen LogP contribution in [0.2, 0.25) is 0 Å². The van der Waals surface area contributed by atoms with Crippen LogP contribution in [0.4, 0.5) is 0 Å². The van der Waals surface area contributed by atoms with Gasteiger partial charge in [-0.05, 0) is 30.5 Å². The average molecular weight is 213 g/mol. The van der Waals surface area contributed by atoms with E-state index in [9.17, 15) is 0 Å². The van der Waals surface area contributed by atoms with Gasteiger partial charge in [-0.2, -0.15) is 0 Å². The van der Waals surface area contributed by atoms with E-state index in [-0.39, 0.29) is 6.04 Å². The first kappa shape index (κ1) is 10.8. The molecule has 0 aliphatic rings. The molecule has 1 aromatic carbocycles. The number of nitrogens with two attached hydrogens (primary N) is 1. The molecular weight excluding hydrogens is 198 g/mol. The third kappa shape index (κ3) is 1.95. The molecule has 16 heavy (non-hydrogen) atoms. The highest BCUT2D eigenvalue weighted by Crippen LogP contribution is 2.23. The van der Waals surface area contributed by atoms with Crippen LogP contribution < -0.4 is 5.73 Å². The number of rotatable bonds is 2. The summed E-state index contributed by atoms with van der Waals surface area (Å²) in [5, 5.41) is 0. The summed E-state index contributed by atoms with van der Waals surface area (Å²) in [5.41, 5.74) is 10.8. The lowest BCUT2D eigenvalue weighted by atomic mass is 9.95. The van der Waals surface area contributed by atoms with Gasteiger partial charge in [0.2, 0.25) is 0 Å². The normalized spacial score (nSPS) is 12.4. The Bertz CT molecular complexity index is 480. The molecule has 0 aliphatic heterocycles. The third-order valence-electron chi connectivity index (χ3n) is 2.92. The van der Waals surface area contributed by atoms with Gasteiger partial charge >= 0.3 is 0 Å². The van der Waals surface area contributed by atoms with E-state index < -0.39 is 0 Å². The smallest absolute Gasteiger partial charge is 0.115 e. The topological polar surface area (TPSA) is 51.8 Å². The minimum Gasteiger partial charge on any atom is -0.320 e. The molecule has 3 nitrogen and oxygen atoms in total. The van der Waals surface area contributed by atoms with Gasteiger partial charge < -0.3 is 5.73 Å². The minimum absolute atomic E-state index is 0.152. The first-order valence-corrected chi connectivity index (χ1v) is 5.26. The maximum atomic E-state index is 6.21. The molecule has 1 unspecified atom stereocenters. The summed E-state index contributed by atoms with van der Waals surface area (Å²) >= 11 is 0. The van der Waals surface area contributed by atoms with Crippen LogP contribution in [0.25, 0.3) is 0 Å². The summed E-state index contributed by atoms with van der Waals surface area (Å²) in [4.78, 5) is 7.98. The first-order valence-electron chi connectivity index (χ1n) is 5.26. The Labute approximate surface area is 95.4 Å². The van der Waals surface area contributed by atoms with Crippen LogP contribution in [0.3, 0.4) is 0 Å². The second kappa shape index (κ2) is 4.41. The number of hydrogen-bond acceptors (Lipinski definition) is 3. The molecule has 3 heteroatoms. The maximum absolute atomic E-state index is 6.21. The van der Waals surface area contributed by atoms with E-state index >= 15 is 0 Å². The van der Waals surface area contributed by atoms with E-state index in [1.807, 2.05) is 6.07 Å². The van der Waals surface area contributed by atoms with Crippen molar-refractivity contribution in [3.05, 3.63) is 59.2 Å². The second-order valence-electron chi connectivity index (χ2n) is 3.94. The van der Waals surface area contributed by atoms with Crippen molar-refractivity contribution in [3.63, 3.8) is 0 Å². The van der Waals surface area contributed by atoms with Gasteiger partial charge in [0.25, 0.3) is 0 Å². The van der Waals surface area contributed by atoms with E-state index in [0.717, 1.165) is 11.1 Å². The molecule has 2 N–H and O–H groups in total. The van der Waals surface area contributed by atoms with E-state index in [0.29, 0.717) is 0 Å². The van der Waals surface area contributed by atoms with Crippen molar-refractivity contribution in [2.75, 3.05) is 0 Å². The molecule has 0 aliphatic carbocycles.